The van der Waals surface area contributed by atoms with Gasteiger partial charge in [-0.3, -0.25) is 4.72 Å². The van der Waals surface area contributed by atoms with Crippen LogP contribution in [0.15, 0.2) is 41.3 Å². The molecule has 0 spiro atoms. The first-order chi connectivity index (χ1) is 10.2. The molecule has 0 bridgehead atoms. The molecule has 2 rings (SSSR count). The van der Waals surface area contributed by atoms with E-state index < -0.39 is 16.0 Å². The predicted octanol–water partition coefficient (Wildman–Crippen LogP) is 3.46. The number of aryl methyl sites for hydroxylation is 2. The van der Waals surface area contributed by atoms with Gasteiger partial charge in [0, 0.05) is 5.02 Å². The Morgan fingerprint density at radius 1 is 1.14 bits per heavy atom. The number of anilines is 1. The number of nitrogens with one attached hydrogen (secondary N) is 1. The van der Waals surface area contributed by atoms with Crippen LogP contribution in [0, 0.1) is 13.8 Å². The molecule has 0 aliphatic heterocycles. The first-order valence-corrected chi connectivity index (χ1v) is 8.20. The summed E-state index contributed by atoms with van der Waals surface area (Å²) in [6.45, 7) is 3.40. The minimum absolute atomic E-state index is 0.00761. The fraction of sp³-hybridized carbons (Fsp3) is 0.133. The van der Waals surface area contributed by atoms with Gasteiger partial charge in [0.15, 0.2) is 0 Å². The smallest absolute Gasteiger partial charge is 0.337 e. The topological polar surface area (TPSA) is 83.5 Å². The Morgan fingerprint density at radius 3 is 2.27 bits per heavy atom. The van der Waals surface area contributed by atoms with Gasteiger partial charge < -0.3 is 5.11 Å². The van der Waals surface area contributed by atoms with Gasteiger partial charge in [0.1, 0.15) is 0 Å². The highest BCUT2D eigenvalue weighted by atomic mass is 35.5. The van der Waals surface area contributed by atoms with Crippen LogP contribution in [0.2, 0.25) is 5.02 Å². The van der Waals surface area contributed by atoms with E-state index in [1.54, 1.807) is 19.9 Å². The second kappa shape index (κ2) is 5.98. The van der Waals surface area contributed by atoms with Crippen LogP contribution >= 0.6 is 11.6 Å². The number of sulfonamides is 1. The van der Waals surface area contributed by atoms with Gasteiger partial charge in [0.2, 0.25) is 0 Å². The zero-order valence-electron chi connectivity index (χ0n) is 11.9. The third-order valence-corrected chi connectivity index (χ3v) is 4.69. The number of carboxylic acids is 1. The minimum atomic E-state index is -3.89. The number of hydrogen-bond donors (Lipinski definition) is 2. The average Bonchev–Trinajstić information content (AvgIpc) is 2.41. The lowest BCUT2D eigenvalue weighted by Crippen LogP contribution is -2.16. The van der Waals surface area contributed by atoms with E-state index in [1.165, 1.54) is 30.3 Å². The maximum Gasteiger partial charge on any atom is 0.337 e. The number of carbonyl (C=O) groups is 1. The minimum Gasteiger partial charge on any atom is -0.478 e. The van der Waals surface area contributed by atoms with Crippen molar-refractivity contribution in [3.8, 4) is 0 Å². The molecule has 0 heterocycles. The number of benzene rings is 2. The summed E-state index contributed by atoms with van der Waals surface area (Å²) < 4.78 is 27.1. The molecule has 0 aliphatic rings. The molecule has 5 nitrogen and oxygen atoms in total. The van der Waals surface area contributed by atoms with Crippen LogP contribution in [0.1, 0.15) is 21.5 Å². The van der Waals surface area contributed by atoms with E-state index >= 15 is 0 Å². The van der Waals surface area contributed by atoms with Crippen molar-refractivity contribution in [2.24, 2.45) is 0 Å². The van der Waals surface area contributed by atoms with Gasteiger partial charge in [-0.2, -0.15) is 0 Å². The molecule has 0 aromatic heterocycles. The van der Waals surface area contributed by atoms with E-state index in [-0.39, 0.29) is 16.1 Å². The summed E-state index contributed by atoms with van der Waals surface area (Å²) in [4.78, 5) is 11.3. The van der Waals surface area contributed by atoms with Crippen LogP contribution in [-0.2, 0) is 10.0 Å². The van der Waals surface area contributed by atoms with Gasteiger partial charge in [0.25, 0.3) is 10.0 Å². The summed E-state index contributed by atoms with van der Waals surface area (Å²) >= 11 is 5.74. The molecule has 2 aromatic rings. The van der Waals surface area contributed by atoms with Crippen LogP contribution < -0.4 is 4.72 Å². The molecule has 0 saturated heterocycles. The first kappa shape index (κ1) is 16.3. The van der Waals surface area contributed by atoms with Crippen LogP contribution in [0.4, 0.5) is 5.69 Å². The van der Waals surface area contributed by atoms with Gasteiger partial charge in [-0.25, -0.2) is 13.2 Å². The van der Waals surface area contributed by atoms with E-state index in [9.17, 15) is 18.3 Å². The standard InChI is InChI=1S/C15H14ClNO4S/c1-9-7-10(2)14(13(8-9)15(18)19)17-22(20,21)12-5-3-11(16)4-6-12/h3-8,17H,1-2H3,(H,18,19). The molecule has 0 aliphatic carbocycles. The maximum absolute atomic E-state index is 12.4. The maximum atomic E-state index is 12.4. The van der Waals surface area contributed by atoms with E-state index in [0.29, 0.717) is 10.6 Å². The Hall–Kier alpha value is -2.05. The van der Waals surface area contributed by atoms with Crippen molar-refractivity contribution in [1.82, 2.24) is 0 Å². The SMILES string of the molecule is Cc1cc(C)c(NS(=O)(=O)c2ccc(Cl)cc2)c(C(=O)O)c1. The van der Waals surface area contributed by atoms with Crippen molar-refractivity contribution in [2.75, 3.05) is 4.72 Å². The quantitative estimate of drug-likeness (QED) is 0.893. The summed E-state index contributed by atoms with van der Waals surface area (Å²) in [5.41, 5.74) is 1.25. The summed E-state index contributed by atoms with van der Waals surface area (Å²) in [7, 11) is -3.89. The summed E-state index contributed by atoms with van der Waals surface area (Å²) in [5.74, 6) is -1.19. The number of carboxylic acid groups (broad SMARTS) is 1. The fourth-order valence-corrected chi connectivity index (χ4v) is 3.36. The Morgan fingerprint density at radius 2 is 1.73 bits per heavy atom. The van der Waals surface area contributed by atoms with Crippen molar-refractivity contribution in [3.05, 3.63) is 58.1 Å². The second-order valence-electron chi connectivity index (χ2n) is 4.87. The van der Waals surface area contributed by atoms with E-state index in [0.717, 1.165) is 5.56 Å². The van der Waals surface area contributed by atoms with E-state index in [2.05, 4.69) is 4.72 Å². The third-order valence-electron chi connectivity index (χ3n) is 3.07. The Labute approximate surface area is 133 Å². The number of hydrogen-bond acceptors (Lipinski definition) is 3. The number of rotatable bonds is 4. The molecule has 0 fully saturated rings. The first-order valence-electron chi connectivity index (χ1n) is 6.33. The van der Waals surface area contributed by atoms with E-state index in [4.69, 9.17) is 11.6 Å². The summed E-state index contributed by atoms with van der Waals surface area (Å²) in [6.07, 6.45) is 0. The molecule has 2 aromatic carbocycles. The van der Waals surface area contributed by atoms with Gasteiger partial charge in [-0.15, -0.1) is 0 Å². The molecular formula is C15H14ClNO4S. The van der Waals surface area contributed by atoms with Crippen molar-refractivity contribution in [3.63, 3.8) is 0 Å². The molecule has 22 heavy (non-hydrogen) atoms. The Bertz CT molecular complexity index is 829. The highest BCUT2D eigenvalue weighted by molar-refractivity contribution is 7.92. The van der Waals surface area contributed by atoms with Gasteiger partial charge in [-0.05, 0) is 55.3 Å². The molecule has 2 N–H and O–H groups in total. The zero-order valence-corrected chi connectivity index (χ0v) is 13.5. The van der Waals surface area contributed by atoms with Gasteiger partial charge in [0.05, 0.1) is 16.1 Å². The largest absolute Gasteiger partial charge is 0.478 e. The molecule has 0 atom stereocenters. The Balaban J connectivity index is 2.50. The third kappa shape index (κ3) is 3.40. The summed E-state index contributed by atoms with van der Waals surface area (Å²) in [6, 6.07) is 8.76. The number of aromatic carboxylic acids is 1. The fourth-order valence-electron chi connectivity index (χ4n) is 2.08. The highest BCUT2D eigenvalue weighted by Gasteiger charge is 2.20. The van der Waals surface area contributed by atoms with Crippen LogP contribution in [0.5, 0.6) is 0 Å². The van der Waals surface area contributed by atoms with Crippen molar-refractivity contribution < 1.29 is 18.3 Å². The van der Waals surface area contributed by atoms with Crippen LogP contribution in [0.3, 0.4) is 0 Å². The molecule has 116 valence electrons. The second-order valence-corrected chi connectivity index (χ2v) is 6.99. The zero-order chi connectivity index (χ0) is 16.5. The van der Waals surface area contributed by atoms with Crippen molar-refractivity contribution in [1.29, 1.82) is 0 Å². The highest BCUT2D eigenvalue weighted by Crippen LogP contribution is 2.26. The van der Waals surface area contributed by atoms with E-state index in [1.807, 2.05) is 0 Å². The van der Waals surface area contributed by atoms with Crippen LogP contribution in [0.25, 0.3) is 0 Å². The monoisotopic (exact) mass is 339 g/mol. The predicted molar refractivity (Wildman–Crippen MR) is 85.1 cm³/mol. The van der Waals surface area contributed by atoms with Crippen molar-refractivity contribution in [2.45, 2.75) is 18.7 Å². The van der Waals surface area contributed by atoms with Crippen molar-refractivity contribution >= 4 is 33.3 Å². The lowest BCUT2D eigenvalue weighted by Gasteiger charge is -2.14. The van der Waals surface area contributed by atoms with Crippen LogP contribution in [-0.4, -0.2) is 19.5 Å². The lowest BCUT2D eigenvalue weighted by atomic mass is 10.0. The molecular weight excluding hydrogens is 326 g/mol. The van der Waals surface area contributed by atoms with Gasteiger partial charge >= 0.3 is 5.97 Å². The molecule has 0 unspecified atom stereocenters. The Kier molecular flexibility index (Phi) is 4.44. The number of halogens is 1. The molecule has 7 heteroatoms. The lowest BCUT2D eigenvalue weighted by molar-refractivity contribution is 0.0698. The van der Waals surface area contributed by atoms with Gasteiger partial charge in [-0.1, -0.05) is 17.7 Å². The molecule has 0 amide bonds. The normalized spacial score (nSPS) is 11.2. The molecule has 0 radical (unpaired) electrons. The average molecular weight is 340 g/mol. The summed E-state index contributed by atoms with van der Waals surface area (Å²) in [5, 5.41) is 9.68. The molecule has 0 saturated carbocycles.